The molecule has 1 aliphatic rings. The standard InChI is InChI=1S/C18H15S.C11H14F4O7S/c1-4-10-16(11-5-1)19(17-12-6-2-7-13-17)18-14-8-3-9-15-18;1-21-8(16)5-3-6(9(17)22-2)7(4-5)10(12,13)11(14,15)23(18,19)20/h1-15H;5-7H,3-4H2,1-2H3,(H,18,19,20)/q+1;/p-1/t;5-,6+,7?/m.1/s1. The number of methoxy groups -OCH3 is 2. The molecule has 13 heteroatoms. The minimum absolute atomic E-state index is 0.0146. The van der Waals surface area contributed by atoms with Gasteiger partial charge in [0.25, 0.3) is 0 Å². The Kier molecular flexibility index (Phi) is 10.8. The average Bonchev–Trinajstić information content (AvgIpc) is 3.44. The van der Waals surface area contributed by atoms with E-state index < -0.39 is 63.8 Å². The molecule has 0 bridgehead atoms. The first-order chi connectivity index (χ1) is 19.8. The van der Waals surface area contributed by atoms with Crippen LogP contribution < -0.4 is 0 Å². The second kappa shape index (κ2) is 13.7. The molecule has 226 valence electrons. The van der Waals surface area contributed by atoms with Gasteiger partial charge in [0.15, 0.2) is 24.8 Å². The van der Waals surface area contributed by atoms with E-state index in [-0.39, 0.29) is 10.9 Å². The van der Waals surface area contributed by atoms with E-state index >= 15 is 0 Å². The first-order valence-electron chi connectivity index (χ1n) is 12.5. The minimum Gasteiger partial charge on any atom is -0.743 e. The third-order valence-electron chi connectivity index (χ3n) is 6.71. The molecule has 0 saturated heterocycles. The van der Waals surface area contributed by atoms with E-state index in [1.165, 1.54) is 14.7 Å². The topological polar surface area (TPSA) is 110 Å². The van der Waals surface area contributed by atoms with Gasteiger partial charge in [-0.05, 0) is 49.2 Å². The smallest absolute Gasteiger partial charge is 0.396 e. The Morgan fingerprint density at radius 2 is 1.12 bits per heavy atom. The predicted molar refractivity (Wildman–Crippen MR) is 145 cm³/mol. The van der Waals surface area contributed by atoms with Crippen LogP contribution in [-0.4, -0.2) is 50.3 Å². The molecule has 3 atom stereocenters. The maximum atomic E-state index is 14.0. The highest BCUT2D eigenvalue weighted by Crippen LogP contribution is 2.53. The monoisotopic (exact) mass is 628 g/mol. The van der Waals surface area contributed by atoms with Gasteiger partial charge in [0.2, 0.25) is 0 Å². The summed E-state index contributed by atoms with van der Waals surface area (Å²) in [5, 5.41) is -5.94. The second-order valence-electron chi connectivity index (χ2n) is 9.27. The Labute approximate surface area is 243 Å². The van der Waals surface area contributed by atoms with Gasteiger partial charge in [0.05, 0.1) is 37.0 Å². The molecule has 1 saturated carbocycles. The largest absolute Gasteiger partial charge is 0.743 e. The highest BCUT2D eigenvalue weighted by molar-refractivity contribution is 7.97. The van der Waals surface area contributed by atoms with E-state index in [2.05, 4.69) is 100 Å². The third-order valence-corrected chi connectivity index (χ3v) is 9.84. The number of carbonyl (C=O) groups excluding carboxylic acids is 2. The molecule has 0 aliphatic heterocycles. The summed E-state index contributed by atoms with van der Waals surface area (Å²) in [5.41, 5.74) is 0. The van der Waals surface area contributed by atoms with Crippen molar-refractivity contribution in [1.29, 1.82) is 0 Å². The van der Waals surface area contributed by atoms with Gasteiger partial charge in [-0.15, -0.1) is 0 Å². The van der Waals surface area contributed by atoms with Crippen molar-refractivity contribution >= 4 is 33.0 Å². The Bertz CT molecular complexity index is 1350. The van der Waals surface area contributed by atoms with Crippen LogP contribution in [0.2, 0.25) is 0 Å². The lowest BCUT2D eigenvalue weighted by Gasteiger charge is -2.34. The summed E-state index contributed by atoms with van der Waals surface area (Å²) in [6, 6.07) is 32.2. The number of ether oxygens (including phenoxy) is 2. The van der Waals surface area contributed by atoms with Crippen molar-refractivity contribution < 1.29 is 49.6 Å². The Hall–Kier alpha value is -3.42. The summed E-state index contributed by atoms with van der Waals surface area (Å²) in [6.45, 7) is 0. The molecule has 0 amide bonds. The van der Waals surface area contributed by atoms with Crippen LogP contribution in [0.3, 0.4) is 0 Å². The molecular weight excluding hydrogens is 600 g/mol. The van der Waals surface area contributed by atoms with Crippen LogP contribution in [0.5, 0.6) is 0 Å². The van der Waals surface area contributed by atoms with E-state index in [0.29, 0.717) is 0 Å². The summed E-state index contributed by atoms with van der Waals surface area (Å²) >= 11 is 0. The van der Waals surface area contributed by atoms with Gasteiger partial charge in [-0.2, -0.15) is 17.6 Å². The molecule has 3 aromatic rings. The van der Waals surface area contributed by atoms with Crippen LogP contribution in [0.4, 0.5) is 17.6 Å². The van der Waals surface area contributed by atoms with E-state index in [1.807, 2.05) is 0 Å². The predicted octanol–water partition coefficient (Wildman–Crippen LogP) is 5.53. The van der Waals surface area contributed by atoms with Crippen molar-refractivity contribution in [1.82, 2.24) is 0 Å². The number of hydrogen-bond donors (Lipinski definition) is 0. The zero-order chi connectivity index (χ0) is 31.1. The van der Waals surface area contributed by atoms with Gasteiger partial charge in [0, 0.05) is 5.92 Å². The molecule has 0 aromatic heterocycles. The number of hydrogen-bond acceptors (Lipinski definition) is 7. The zero-order valence-corrected chi connectivity index (χ0v) is 24.1. The van der Waals surface area contributed by atoms with Gasteiger partial charge in [0.1, 0.15) is 0 Å². The quantitative estimate of drug-likeness (QED) is 0.140. The molecule has 1 unspecified atom stereocenters. The van der Waals surface area contributed by atoms with E-state index in [4.69, 9.17) is 0 Å². The number of benzene rings is 3. The minimum atomic E-state index is -6.70. The molecule has 1 aliphatic carbocycles. The van der Waals surface area contributed by atoms with Crippen molar-refractivity contribution in [3.8, 4) is 0 Å². The molecule has 1 fully saturated rings. The fourth-order valence-electron chi connectivity index (χ4n) is 4.67. The molecule has 0 spiro atoms. The molecule has 42 heavy (non-hydrogen) atoms. The van der Waals surface area contributed by atoms with Crippen LogP contribution in [0, 0.1) is 17.8 Å². The molecule has 3 aromatic carbocycles. The van der Waals surface area contributed by atoms with Crippen LogP contribution in [0.25, 0.3) is 0 Å². The number of halogens is 4. The van der Waals surface area contributed by atoms with Gasteiger partial charge in [-0.1, -0.05) is 54.6 Å². The van der Waals surface area contributed by atoms with E-state index in [9.17, 15) is 40.1 Å². The summed E-state index contributed by atoms with van der Waals surface area (Å²) in [5.74, 6) is -13.5. The van der Waals surface area contributed by atoms with Crippen LogP contribution in [-0.2, 0) is 40.1 Å². The highest BCUT2D eigenvalue weighted by atomic mass is 32.2. The molecule has 0 N–H and O–H groups in total. The maximum absolute atomic E-state index is 14.0. The number of esters is 2. The molecule has 7 nitrogen and oxygen atoms in total. The lowest BCUT2D eigenvalue weighted by Crippen LogP contribution is -2.53. The van der Waals surface area contributed by atoms with Gasteiger partial charge < -0.3 is 14.0 Å². The lowest BCUT2D eigenvalue weighted by molar-refractivity contribution is -0.204. The number of carbonyl (C=O) groups is 2. The lowest BCUT2D eigenvalue weighted by atomic mass is 9.89. The van der Waals surface area contributed by atoms with E-state index in [0.717, 1.165) is 14.2 Å². The molecular formula is C29H28F4O7S2. The van der Waals surface area contributed by atoms with Gasteiger partial charge in [-0.3, -0.25) is 9.59 Å². The van der Waals surface area contributed by atoms with Crippen molar-refractivity contribution in [3.05, 3.63) is 91.0 Å². The summed E-state index contributed by atoms with van der Waals surface area (Å²) in [6.07, 6.45) is -1.54. The number of rotatable bonds is 8. The van der Waals surface area contributed by atoms with Crippen LogP contribution in [0.1, 0.15) is 12.8 Å². The average molecular weight is 629 g/mol. The first-order valence-corrected chi connectivity index (χ1v) is 15.2. The van der Waals surface area contributed by atoms with Crippen LogP contribution in [0.15, 0.2) is 106 Å². The van der Waals surface area contributed by atoms with E-state index in [1.54, 1.807) is 0 Å². The Morgan fingerprint density at radius 3 is 1.45 bits per heavy atom. The van der Waals surface area contributed by atoms with Crippen molar-refractivity contribution in [2.24, 2.45) is 17.8 Å². The van der Waals surface area contributed by atoms with Gasteiger partial charge >= 0.3 is 23.1 Å². The fourth-order valence-corrected chi connectivity index (χ4v) is 7.26. The maximum Gasteiger partial charge on any atom is 0.396 e. The fraction of sp³-hybridized carbons (Fsp3) is 0.310. The van der Waals surface area contributed by atoms with Gasteiger partial charge in [-0.25, -0.2) is 8.42 Å². The third kappa shape index (κ3) is 7.13. The molecule has 4 rings (SSSR count). The second-order valence-corrected chi connectivity index (χ2v) is 12.7. The summed E-state index contributed by atoms with van der Waals surface area (Å²) in [7, 11) is -4.97. The first kappa shape index (κ1) is 33.1. The normalized spacial score (nSPS) is 19.0. The molecule has 0 heterocycles. The summed E-state index contributed by atoms with van der Waals surface area (Å²) < 4.78 is 94.8. The summed E-state index contributed by atoms with van der Waals surface area (Å²) in [4.78, 5) is 27.0. The van der Waals surface area contributed by atoms with Crippen LogP contribution >= 0.6 is 0 Å². The zero-order valence-electron chi connectivity index (χ0n) is 22.5. The molecule has 0 radical (unpaired) electrons. The number of alkyl halides is 4. The Morgan fingerprint density at radius 1 is 0.738 bits per heavy atom. The van der Waals surface area contributed by atoms with Crippen molar-refractivity contribution in [2.45, 2.75) is 38.7 Å². The highest BCUT2D eigenvalue weighted by Gasteiger charge is 2.69. The van der Waals surface area contributed by atoms with Crippen molar-refractivity contribution in [2.75, 3.05) is 14.2 Å². The SMILES string of the molecule is COC(=O)[C@H]1CC(C(F)(F)C(F)(F)S(=O)(=O)[O-])[C@@H](C(=O)OC)C1.c1ccc([S+](c2ccccc2)c2ccccc2)cc1. The van der Waals surface area contributed by atoms with Crippen molar-refractivity contribution in [3.63, 3.8) is 0 Å². The Balaban J connectivity index is 0.000000234.